The van der Waals surface area contributed by atoms with E-state index in [0.717, 1.165) is 10.9 Å². The summed E-state index contributed by atoms with van der Waals surface area (Å²) in [5.74, 6) is 0. The third kappa shape index (κ3) is 3.18. The van der Waals surface area contributed by atoms with Gasteiger partial charge in [-0.2, -0.15) is 0 Å². The Morgan fingerprint density at radius 1 is 1.22 bits per heavy atom. The molecule has 0 aliphatic heterocycles. The van der Waals surface area contributed by atoms with E-state index < -0.39 is 0 Å². The van der Waals surface area contributed by atoms with Crippen LogP contribution in [0.3, 0.4) is 0 Å². The summed E-state index contributed by atoms with van der Waals surface area (Å²) in [6, 6.07) is 11.0. The number of benzene rings is 1. The van der Waals surface area contributed by atoms with Crippen molar-refractivity contribution in [3.8, 4) is 0 Å². The molecule has 1 heterocycles. The van der Waals surface area contributed by atoms with Crippen LogP contribution in [0.5, 0.6) is 0 Å². The zero-order valence-electron chi connectivity index (χ0n) is 10.7. The van der Waals surface area contributed by atoms with Crippen LogP contribution < -0.4 is 5.32 Å². The Morgan fingerprint density at radius 2 is 1.94 bits per heavy atom. The quantitative estimate of drug-likeness (QED) is 0.932. The summed E-state index contributed by atoms with van der Waals surface area (Å²) >= 11 is 3.59. The Kier molecular flexibility index (Phi) is 4.50. The van der Waals surface area contributed by atoms with Gasteiger partial charge in [-0.15, -0.1) is 0 Å². The van der Waals surface area contributed by atoms with E-state index in [1.54, 1.807) is 0 Å². The molecular weight excluding hydrogens is 288 g/mol. The zero-order chi connectivity index (χ0) is 13.0. The highest BCUT2D eigenvalue weighted by Crippen LogP contribution is 2.24. The van der Waals surface area contributed by atoms with Crippen molar-refractivity contribution in [3.05, 3.63) is 63.9 Å². The molecule has 0 fully saturated rings. The molecule has 0 aliphatic carbocycles. The second kappa shape index (κ2) is 6.12. The second-order valence-corrected chi connectivity index (χ2v) is 5.26. The van der Waals surface area contributed by atoms with Crippen molar-refractivity contribution < 1.29 is 0 Å². The third-order valence-electron chi connectivity index (χ3n) is 3.14. The van der Waals surface area contributed by atoms with E-state index in [-0.39, 0.29) is 0 Å². The number of halogens is 1. The normalized spacial score (nSPS) is 12.4. The number of aromatic nitrogens is 1. The molecule has 0 saturated carbocycles. The van der Waals surface area contributed by atoms with Gasteiger partial charge in [-0.05, 0) is 55.3 Å². The standard InChI is InChI=1S/C15H17BrN2/c1-11-3-4-13(10-14(11)16)15(17-2)9-12-5-7-18-8-6-12/h3-8,10,15,17H,9H2,1-2H3. The van der Waals surface area contributed by atoms with E-state index in [9.17, 15) is 0 Å². The number of pyridine rings is 1. The molecule has 1 aromatic carbocycles. The summed E-state index contributed by atoms with van der Waals surface area (Å²) in [5, 5.41) is 3.37. The number of likely N-dealkylation sites (N-methyl/N-ethyl adjacent to an activating group) is 1. The van der Waals surface area contributed by atoms with Gasteiger partial charge in [0, 0.05) is 22.9 Å². The molecule has 1 N–H and O–H groups in total. The minimum Gasteiger partial charge on any atom is -0.313 e. The minimum atomic E-state index is 0.323. The molecule has 0 spiro atoms. The summed E-state index contributed by atoms with van der Waals surface area (Å²) in [6.45, 7) is 2.10. The smallest absolute Gasteiger partial charge is 0.0358 e. The van der Waals surface area contributed by atoms with Crippen LogP contribution in [-0.4, -0.2) is 12.0 Å². The third-order valence-corrected chi connectivity index (χ3v) is 3.99. The number of rotatable bonds is 4. The fourth-order valence-electron chi connectivity index (χ4n) is 1.97. The Morgan fingerprint density at radius 3 is 2.56 bits per heavy atom. The van der Waals surface area contributed by atoms with Crippen molar-refractivity contribution in [2.45, 2.75) is 19.4 Å². The van der Waals surface area contributed by atoms with Crippen LogP contribution in [0.2, 0.25) is 0 Å². The predicted octanol–water partition coefficient (Wildman–Crippen LogP) is 3.66. The van der Waals surface area contributed by atoms with Crippen molar-refractivity contribution in [2.24, 2.45) is 0 Å². The van der Waals surface area contributed by atoms with Gasteiger partial charge in [0.25, 0.3) is 0 Å². The van der Waals surface area contributed by atoms with Crippen LogP contribution in [-0.2, 0) is 6.42 Å². The Balaban J connectivity index is 2.20. The molecule has 18 heavy (non-hydrogen) atoms. The van der Waals surface area contributed by atoms with Crippen LogP contribution in [0, 0.1) is 6.92 Å². The molecule has 94 valence electrons. The fraction of sp³-hybridized carbons (Fsp3) is 0.267. The largest absolute Gasteiger partial charge is 0.313 e. The lowest BCUT2D eigenvalue weighted by atomic mass is 9.99. The molecule has 0 aliphatic rings. The first-order chi connectivity index (χ1) is 8.70. The van der Waals surface area contributed by atoms with Crippen LogP contribution in [0.15, 0.2) is 47.2 Å². The first-order valence-corrected chi connectivity index (χ1v) is 6.82. The van der Waals surface area contributed by atoms with Crippen molar-refractivity contribution in [2.75, 3.05) is 7.05 Å². The summed E-state index contributed by atoms with van der Waals surface area (Å²) < 4.78 is 1.16. The Hall–Kier alpha value is -1.19. The molecule has 1 unspecified atom stereocenters. The lowest BCUT2D eigenvalue weighted by Gasteiger charge is -2.17. The van der Waals surface area contributed by atoms with Gasteiger partial charge in [0.05, 0.1) is 0 Å². The molecule has 2 aromatic rings. The van der Waals surface area contributed by atoms with Gasteiger partial charge >= 0.3 is 0 Å². The van der Waals surface area contributed by atoms with Crippen molar-refractivity contribution in [3.63, 3.8) is 0 Å². The van der Waals surface area contributed by atoms with E-state index >= 15 is 0 Å². The van der Waals surface area contributed by atoms with Crippen molar-refractivity contribution >= 4 is 15.9 Å². The summed E-state index contributed by atoms with van der Waals surface area (Å²) in [6.07, 6.45) is 4.65. The van der Waals surface area contributed by atoms with E-state index in [1.165, 1.54) is 16.7 Å². The Bertz CT molecular complexity index is 511. The summed E-state index contributed by atoms with van der Waals surface area (Å²) in [7, 11) is 2.00. The van der Waals surface area contributed by atoms with E-state index in [0.29, 0.717) is 6.04 Å². The molecule has 0 bridgehead atoms. The molecule has 3 heteroatoms. The molecule has 0 saturated heterocycles. The molecule has 1 aromatic heterocycles. The number of hydrogen-bond donors (Lipinski definition) is 1. The number of hydrogen-bond acceptors (Lipinski definition) is 2. The van der Waals surface area contributed by atoms with E-state index in [2.05, 4.69) is 63.5 Å². The molecule has 0 radical (unpaired) electrons. The van der Waals surface area contributed by atoms with Gasteiger partial charge in [0.2, 0.25) is 0 Å². The van der Waals surface area contributed by atoms with Gasteiger partial charge in [-0.25, -0.2) is 0 Å². The van der Waals surface area contributed by atoms with Gasteiger partial charge in [-0.3, -0.25) is 4.98 Å². The van der Waals surface area contributed by atoms with Crippen LogP contribution in [0.4, 0.5) is 0 Å². The van der Waals surface area contributed by atoms with Crippen LogP contribution >= 0.6 is 15.9 Å². The summed E-state index contributed by atoms with van der Waals surface area (Å²) in [4.78, 5) is 4.05. The van der Waals surface area contributed by atoms with E-state index in [1.807, 2.05) is 19.4 Å². The average molecular weight is 305 g/mol. The van der Waals surface area contributed by atoms with Gasteiger partial charge in [0.15, 0.2) is 0 Å². The maximum atomic E-state index is 4.05. The average Bonchev–Trinajstić information content (AvgIpc) is 2.40. The van der Waals surface area contributed by atoms with Crippen LogP contribution in [0.1, 0.15) is 22.7 Å². The summed E-state index contributed by atoms with van der Waals surface area (Å²) in [5.41, 5.74) is 3.85. The highest BCUT2D eigenvalue weighted by Gasteiger charge is 2.11. The molecule has 0 amide bonds. The monoisotopic (exact) mass is 304 g/mol. The molecule has 1 atom stereocenters. The molecule has 2 nitrogen and oxygen atoms in total. The number of aryl methyl sites for hydroxylation is 1. The number of nitrogens with one attached hydrogen (secondary N) is 1. The predicted molar refractivity (Wildman–Crippen MR) is 78.6 cm³/mol. The molecule has 2 rings (SSSR count). The maximum absolute atomic E-state index is 4.05. The van der Waals surface area contributed by atoms with Gasteiger partial charge in [0.1, 0.15) is 0 Å². The lowest BCUT2D eigenvalue weighted by Crippen LogP contribution is -2.18. The minimum absolute atomic E-state index is 0.323. The Labute approximate surface area is 117 Å². The highest BCUT2D eigenvalue weighted by molar-refractivity contribution is 9.10. The van der Waals surface area contributed by atoms with Crippen molar-refractivity contribution in [1.29, 1.82) is 0 Å². The van der Waals surface area contributed by atoms with Crippen LogP contribution in [0.25, 0.3) is 0 Å². The number of nitrogens with zero attached hydrogens (tertiary/aromatic N) is 1. The lowest BCUT2D eigenvalue weighted by molar-refractivity contribution is 0.591. The SMILES string of the molecule is CNC(Cc1ccncc1)c1ccc(C)c(Br)c1. The first-order valence-electron chi connectivity index (χ1n) is 6.03. The highest BCUT2D eigenvalue weighted by atomic mass is 79.9. The first kappa shape index (κ1) is 13.2. The van der Waals surface area contributed by atoms with E-state index in [4.69, 9.17) is 0 Å². The topological polar surface area (TPSA) is 24.9 Å². The fourth-order valence-corrected chi connectivity index (χ4v) is 2.36. The maximum Gasteiger partial charge on any atom is 0.0358 e. The van der Waals surface area contributed by atoms with Gasteiger partial charge in [-0.1, -0.05) is 28.1 Å². The zero-order valence-corrected chi connectivity index (χ0v) is 12.2. The molecular formula is C15H17BrN2. The van der Waals surface area contributed by atoms with Gasteiger partial charge < -0.3 is 5.32 Å². The second-order valence-electron chi connectivity index (χ2n) is 4.41. The van der Waals surface area contributed by atoms with Crippen molar-refractivity contribution in [1.82, 2.24) is 10.3 Å².